The Morgan fingerprint density at radius 3 is 2.57 bits per heavy atom. The first-order valence-corrected chi connectivity index (χ1v) is 6.15. The third kappa shape index (κ3) is 3.94. The molecule has 0 aromatic heterocycles. The summed E-state index contributed by atoms with van der Waals surface area (Å²) in [6, 6.07) is 15.4. The van der Waals surface area contributed by atoms with Gasteiger partial charge < -0.3 is 9.47 Å². The molecular weight excluding hydrogens is 272 g/mol. The van der Waals surface area contributed by atoms with Gasteiger partial charge in [0.1, 0.15) is 18.4 Å². The second-order valence-corrected chi connectivity index (χ2v) is 4.11. The Morgan fingerprint density at radius 1 is 1.14 bits per heavy atom. The summed E-state index contributed by atoms with van der Waals surface area (Å²) in [6.45, 7) is 0.0709. The van der Waals surface area contributed by atoms with E-state index in [0.29, 0.717) is 0 Å². The first-order valence-electron chi connectivity index (χ1n) is 6.15. The molecule has 0 bridgehead atoms. The maximum atomic E-state index is 11.1. The molecule has 0 heterocycles. The lowest BCUT2D eigenvalue weighted by molar-refractivity contribution is -0.386. The first kappa shape index (κ1) is 14.3. The molecule has 6 nitrogen and oxygen atoms in total. The average molecular weight is 284 g/mol. The monoisotopic (exact) mass is 284 g/mol. The maximum absolute atomic E-state index is 11.1. The highest BCUT2D eigenvalue weighted by Gasteiger charge is 2.16. The van der Waals surface area contributed by atoms with E-state index in [4.69, 9.17) is 14.7 Å². The smallest absolute Gasteiger partial charge is 0.314 e. The zero-order chi connectivity index (χ0) is 15.1. The summed E-state index contributed by atoms with van der Waals surface area (Å²) in [5.41, 5.74) is 0.720. The van der Waals surface area contributed by atoms with Gasteiger partial charge in [-0.3, -0.25) is 10.1 Å². The predicted octanol–water partition coefficient (Wildman–Crippen LogP) is 3.08. The minimum absolute atomic E-state index is 0.160. The van der Waals surface area contributed by atoms with E-state index in [2.05, 4.69) is 0 Å². The van der Waals surface area contributed by atoms with Gasteiger partial charge in [-0.2, -0.15) is 5.26 Å². The zero-order valence-corrected chi connectivity index (χ0v) is 11.1. The standard InChI is InChI=1S/C15H12N2O4/c16-8-9-20-13-6-7-15(14(10-13)17(18)19)21-11-12-4-2-1-3-5-12/h1-7,10H,9,11H2. The Balaban J connectivity index is 2.15. The summed E-state index contributed by atoms with van der Waals surface area (Å²) < 4.78 is 10.5. The molecule has 0 spiro atoms. The number of hydrogen-bond donors (Lipinski definition) is 0. The van der Waals surface area contributed by atoms with E-state index in [9.17, 15) is 10.1 Å². The average Bonchev–Trinajstić information content (AvgIpc) is 2.52. The second-order valence-electron chi connectivity index (χ2n) is 4.11. The van der Waals surface area contributed by atoms with E-state index in [-0.39, 0.29) is 30.4 Å². The van der Waals surface area contributed by atoms with Crippen molar-refractivity contribution in [2.75, 3.05) is 6.61 Å². The Bertz CT molecular complexity index is 665. The van der Waals surface area contributed by atoms with Crippen LogP contribution in [0.1, 0.15) is 5.56 Å². The van der Waals surface area contributed by atoms with E-state index >= 15 is 0 Å². The van der Waals surface area contributed by atoms with Gasteiger partial charge in [-0.25, -0.2) is 0 Å². The zero-order valence-electron chi connectivity index (χ0n) is 11.1. The molecule has 2 aromatic carbocycles. The molecule has 0 atom stereocenters. The minimum Gasteiger partial charge on any atom is -0.482 e. The van der Waals surface area contributed by atoms with Gasteiger partial charge in [0.05, 0.1) is 11.0 Å². The molecule has 2 rings (SSSR count). The van der Waals surface area contributed by atoms with Crippen LogP contribution in [0.3, 0.4) is 0 Å². The van der Waals surface area contributed by atoms with Gasteiger partial charge in [-0.05, 0) is 17.7 Å². The van der Waals surface area contributed by atoms with Crippen molar-refractivity contribution in [3.63, 3.8) is 0 Å². The number of nitro groups is 1. The van der Waals surface area contributed by atoms with Crippen LogP contribution < -0.4 is 9.47 Å². The summed E-state index contributed by atoms with van der Waals surface area (Å²) in [4.78, 5) is 10.5. The van der Waals surface area contributed by atoms with Crippen LogP contribution in [-0.4, -0.2) is 11.5 Å². The van der Waals surface area contributed by atoms with Gasteiger partial charge in [-0.15, -0.1) is 0 Å². The molecule has 0 aliphatic rings. The van der Waals surface area contributed by atoms with Crippen LogP contribution in [0.2, 0.25) is 0 Å². The first-order chi connectivity index (χ1) is 10.2. The fourth-order valence-electron chi connectivity index (χ4n) is 1.70. The molecule has 106 valence electrons. The van der Waals surface area contributed by atoms with Gasteiger partial charge in [0, 0.05) is 0 Å². The third-order valence-electron chi connectivity index (χ3n) is 2.67. The normalized spacial score (nSPS) is 9.67. The largest absolute Gasteiger partial charge is 0.482 e. The number of rotatable bonds is 6. The van der Waals surface area contributed by atoms with E-state index < -0.39 is 4.92 Å². The van der Waals surface area contributed by atoms with Crippen molar-refractivity contribution in [1.82, 2.24) is 0 Å². The Labute approximate surface area is 121 Å². The maximum Gasteiger partial charge on any atom is 0.314 e. The number of hydrogen-bond acceptors (Lipinski definition) is 5. The number of nitriles is 1. The van der Waals surface area contributed by atoms with Crippen LogP contribution in [0.4, 0.5) is 5.69 Å². The van der Waals surface area contributed by atoms with Crippen LogP contribution in [-0.2, 0) is 6.61 Å². The second kappa shape index (κ2) is 6.91. The number of ether oxygens (including phenoxy) is 2. The SMILES string of the molecule is N#CCOc1ccc(OCc2ccccc2)c([N+](=O)[O-])c1. The topological polar surface area (TPSA) is 85.4 Å². The summed E-state index contributed by atoms with van der Waals surface area (Å²) in [6.07, 6.45) is 0. The van der Waals surface area contributed by atoms with Gasteiger partial charge >= 0.3 is 5.69 Å². The van der Waals surface area contributed by atoms with Crippen molar-refractivity contribution in [3.05, 3.63) is 64.2 Å². The van der Waals surface area contributed by atoms with Crippen molar-refractivity contribution in [2.45, 2.75) is 6.61 Å². The van der Waals surface area contributed by atoms with Crippen molar-refractivity contribution < 1.29 is 14.4 Å². The lowest BCUT2D eigenvalue weighted by Gasteiger charge is -2.08. The van der Waals surface area contributed by atoms with E-state index in [0.717, 1.165) is 5.56 Å². The van der Waals surface area contributed by atoms with E-state index in [1.54, 1.807) is 6.07 Å². The minimum atomic E-state index is -0.542. The van der Waals surface area contributed by atoms with Gasteiger partial charge in [0.15, 0.2) is 12.4 Å². The van der Waals surface area contributed by atoms with Crippen molar-refractivity contribution in [3.8, 4) is 17.6 Å². The van der Waals surface area contributed by atoms with Crippen LogP contribution in [0.5, 0.6) is 11.5 Å². The number of nitrogens with zero attached hydrogens (tertiary/aromatic N) is 2. The number of nitro benzene ring substituents is 1. The molecule has 0 saturated heterocycles. The van der Waals surface area contributed by atoms with Crippen molar-refractivity contribution in [2.24, 2.45) is 0 Å². The van der Waals surface area contributed by atoms with Gasteiger partial charge in [-0.1, -0.05) is 30.3 Å². The molecule has 0 aliphatic heterocycles. The molecular formula is C15H12N2O4. The Morgan fingerprint density at radius 2 is 1.90 bits per heavy atom. The molecule has 21 heavy (non-hydrogen) atoms. The molecule has 0 unspecified atom stereocenters. The highest BCUT2D eigenvalue weighted by molar-refractivity contribution is 5.51. The molecule has 0 radical (unpaired) electrons. The lowest BCUT2D eigenvalue weighted by atomic mass is 10.2. The molecule has 0 saturated carbocycles. The predicted molar refractivity (Wildman–Crippen MR) is 75.0 cm³/mol. The van der Waals surface area contributed by atoms with E-state index in [1.807, 2.05) is 30.3 Å². The molecule has 0 fully saturated rings. The van der Waals surface area contributed by atoms with Gasteiger partial charge in [0.25, 0.3) is 0 Å². The molecule has 6 heteroatoms. The quantitative estimate of drug-likeness (QED) is 0.601. The fraction of sp³-hybridized carbons (Fsp3) is 0.133. The van der Waals surface area contributed by atoms with Crippen LogP contribution in [0.15, 0.2) is 48.5 Å². The van der Waals surface area contributed by atoms with E-state index in [1.165, 1.54) is 18.2 Å². The molecule has 0 amide bonds. The summed E-state index contributed by atoms with van der Waals surface area (Å²) in [5, 5.41) is 19.5. The summed E-state index contributed by atoms with van der Waals surface area (Å²) in [7, 11) is 0. The van der Waals surface area contributed by atoms with Crippen LogP contribution in [0, 0.1) is 21.4 Å². The van der Waals surface area contributed by atoms with Crippen molar-refractivity contribution >= 4 is 5.69 Å². The molecule has 2 aromatic rings. The number of benzene rings is 2. The third-order valence-corrected chi connectivity index (χ3v) is 2.67. The van der Waals surface area contributed by atoms with Crippen molar-refractivity contribution in [1.29, 1.82) is 5.26 Å². The van der Waals surface area contributed by atoms with Crippen LogP contribution in [0.25, 0.3) is 0 Å². The fourth-order valence-corrected chi connectivity index (χ4v) is 1.70. The Hall–Kier alpha value is -3.07. The highest BCUT2D eigenvalue weighted by atomic mass is 16.6. The van der Waals surface area contributed by atoms with Crippen LogP contribution >= 0.6 is 0 Å². The summed E-state index contributed by atoms with van der Waals surface area (Å²) >= 11 is 0. The molecule has 0 N–H and O–H groups in total. The summed E-state index contributed by atoms with van der Waals surface area (Å²) in [5.74, 6) is 0.420. The molecule has 0 aliphatic carbocycles. The lowest BCUT2D eigenvalue weighted by Crippen LogP contribution is -2.00. The highest BCUT2D eigenvalue weighted by Crippen LogP contribution is 2.31. The Kier molecular flexibility index (Phi) is 4.72. The van der Waals surface area contributed by atoms with Gasteiger partial charge in [0.2, 0.25) is 0 Å².